The second-order valence-electron chi connectivity index (χ2n) is 5.59. The average molecular weight is 285 g/mol. The molecule has 2 rings (SSSR count). The number of carboxylic acid groups (broad SMARTS) is 1. The van der Waals surface area contributed by atoms with E-state index in [0.29, 0.717) is 32.3 Å². The number of amides is 2. The van der Waals surface area contributed by atoms with E-state index in [1.165, 1.54) is 4.90 Å². The number of likely N-dealkylation sites (tertiary alicyclic amines) is 1. The molecule has 20 heavy (non-hydrogen) atoms. The highest BCUT2D eigenvalue weighted by Gasteiger charge is 2.36. The summed E-state index contributed by atoms with van der Waals surface area (Å²) in [6.07, 6.45) is 1.86. The van der Waals surface area contributed by atoms with Gasteiger partial charge in [-0.25, -0.2) is 9.59 Å². The number of rotatable bonds is 2. The molecule has 7 heteroatoms. The van der Waals surface area contributed by atoms with Crippen LogP contribution in [0.15, 0.2) is 0 Å². The molecule has 2 aliphatic rings. The Balaban J connectivity index is 1.95. The molecule has 1 unspecified atom stereocenters. The molecule has 0 aromatic heterocycles. The Morgan fingerprint density at radius 1 is 1.20 bits per heavy atom. The fourth-order valence-electron chi connectivity index (χ4n) is 2.79. The molecule has 0 radical (unpaired) electrons. The van der Waals surface area contributed by atoms with Crippen LogP contribution in [0, 0.1) is 0 Å². The van der Waals surface area contributed by atoms with Gasteiger partial charge in [-0.2, -0.15) is 0 Å². The lowest BCUT2D eigenvalue weighted by Gasteiger charge is -2.40. The van der Waals surface area contributed by atoms with Crippen LogP contribution in [0.5, 0.6) is 0 Å². The smallest absolute Gasteiger partial charge is 0.328 e. The summed E-state index contributed by atoms with van der Waals surface area (Å²) in [5, 5.41) is 9.17. The predicted molar refractivity (Wildman–Crippen MR) is 72.6 cm³/mol. The molecule has 0 aromatic rings. The molecule has 0 spiro atoms. The number of morpholine rings is 1. The Morgan fingerprint density at radius 2 is 1.85 bits per heavy atom. The van der Waals surface area contributed by atoms with Gasteiger partial charge in [0.25, 0.3) is 0 Å². The van der Waals surface area contributed by atoms with Gasteiger partial charge in [-0.3, -0.25) is 0 Å². The van der Waals surface area contributed by atoms with Crippen LogP contribution in [0.3, 0.4) is 0 Å². The van der Waals surface area contributed by atoms with Gasteiger partial charge in [0.05, 0.1) is 13.2 Å². The van der Waals surface area contributed by atoms with Gasteiger partial charge in [-0.05, 0) is 26.9 Å². The predicted octanol–water partition coefficient (Wildman–Crippen LogP) is -0.0822. The minimum Gasteiger partial charge on any atom is -0.480 e. The van der Waals surface area contributed by atoms with Gasteiger partial charge in [0.15, 0.2) is 6.04 Å². The first-order valence-corrected chi connectivity index (χ1v) is 7.03. The molecule has 1 atom stereocenters. The quantitative estimate of drug-likeness (QED) is 0.768. The summed E-state index contributed by atoms with van der Waals surface area (Å²) in [6, 6.07) is -0.528. The molecule has 0 aliphatic carbocycles. The summed E-state index contributed by atoms with van der Waals surface area (Å²) in [5.41, 5.74) is 0. The summed E-state index contributed by atoms with van der Waals surface area (Å²) in [6.45, 7) is 2.21. The van der Waals surface area contributed by atoms with Crippen LogP contribution in [0.2, 0.25) is 0 Å². The van der Waals surface area contributed by atoms with Crippen LogP contribution in [0.1, 0.15) is 12.8 Å². The highest BCUT2D eigenvalue weighted by atomic mass is 16.5. The van der Waals surface area contributed by atoms with E-state index in [1.807, 2.05) is 14.1 Å². The monoisotopic (exact) mass is 285 g/mol. The average Bonchev–Trinajstić information content (AvgIpc) is 2.46. The fourth-order valence-corrected chi connectivity index (χ4v) is 2.79. The molecule has 2 amide bonds. The number of aliphatic carboxylic acids is 1. The molecule has 0 aromatic carbocycles. The molecule has 2 aliphatic heterocycles. The molecular formula is C13H23N3O4. The third-order valence-corrected chi connectivity index (χ3v) is 4.12. The third kappa shape index (κ3) is 3.21. The lowest BCUT2D eigenvalue weighted by atomic mass is 10.0. The Morgan fingerprint density at radius 3 is 2.40 bits per heavy atom. The van der Waals surface area contributed by atoms with Crippen molar-refractivity contribution >= 4 is 12.0 Å². The van der Waals surface area contributed by atoms with E-state index in [4.69, 9.17) is 4.74 Å². The highest BCUT2D eigenvalue weighted by Crippen LogP contribution is 2.18. The Labute approximate surface area is 119 Å². The van der Waals surface area contributed by atoms with Crippen molar-refractivity contribution in [2.75, 3.05) is 46.9 Å². The molecular weight excluding hydrogens is 262 g/mol. The summed E-state index contributed by atoms with van der Waals surface area (Å²) in [5.74, 6) is -0.999. The van der Waals surface area contributed by atoms with Gasteiger partial charge in [0.1, 0.15) is 0 Å². The molecule has 2 heterocycles. The molecule has 1 N–H and O–H groups in total. The third-order valence-electron chi connectivity index (χ3n) is 4.12. The molecule has 0 saturated carbocycles. The Bertz CT molecular complexity index is 367. The number of hydrogen-bond acceptors (Lipinski definition) is 4. The van der Waals surface area contributed by atoms with E-state index in [9.17, 15) is 14.7 Å². The SMILES string of the molecule is CN(C)C1CCN(C(=O)N2CCOCC2C(=O)O)CC1. The number of carbonyl (C=O) groups excluding carboxylic acids is 1. The highest BCUT2D eigenvalue weighted by molar-refractivity contribution is 5.83. The minimum atomic E-state index is -0.999. The fraction of sp³-hybridized carbons (Fsp3) is 0.846. The zero-order valence-electron chi connectivity index (χ0n) is 12.1. The lowest BCUT2D eigenvalue weighted by molar-refractivity contribution is -0.147. The van der Waals surface area contributed by atoms with E-state index in [0.717, 1.165) is 12.8 Å². The zero-order valence-corrected chi connectivity index (χ0v) is 12.1. The van der Waals surface area contributed by atoms with Gasteiger partial charge in [0, 0.05) is 25.7 Å². The van der Waals surface area contributed by atoms with Crippen LogP contribution in [0.4, 0.5) is 4.79 Å². The van der Waals surface area contributed by atoms with Crippen LogP contribution in [-0.4, -0.2) is 90.8 Å². The second kappa shape index (κ2) is 6.41. The maximum absolute atomic E-state index is 12.5. The normalized spacial score (nSPS) is 25.1. The van der Waals surface area contributed by atoms with Crippen molar-refractivity contribution in [3.8, 4) is 0 Å². The number of piperidine rings is 1. The molecule has 2 saturated heterocycles. The van der Waals surface area contributed by atoms with E-state index in [2.05, 4.69) is 4.90 Å². The van der Waals surface area contributed by atoms with Gasteiger partial charge in [-0.1, -0.05) is 0 Å². The molecule has 7 nitrogen and oxygen atoms in total. The number of urea groups is 1. The molecule has 2 fully saturated rings. The number of hydrogen-bond donors (Lipinski definition) is 1. The van der Waals surface area contributed by atoms with E-state index in [1.54, 1.807) is 4.90 Å². The molecule has 114 valence electrons. The van der Waals surface area contributed by atoms with Crippen molar-refractivity contribution < 1.29 is 19.4 Å². The zero-order chi connectivity index (χ0) is 14.7. The van der Waals surface area contributed by atoms with Crippen LogP contribution < -0.4 is 0 Å². The number of carbonyl (C=O) groups is 2. The van der Waals surface area contributed by atoms with Crippen molar-refractivity contribution in [2.45, 2.75) is 24.9 Å². The van der Waals surface area contributed by atoms with Crippen molar-refractivity contribution in [2.24, 2.45) is 0 Å². The summed E-state index contributed by atoms with van der Waals surface area (Å²) in [7, 11) is 4.09. The van der Waals surface area contributed by atoms with Crippen LogP contribution in [0.25, 0.3) is 0 Å². The number of carboxylic acids is 1. The topological polar surface area (TPSA) is 73.3 Å². The summed E-state index contributed by atoms with van der Waals surface area (Å²) in [4.78, 5) is 29.0. The molecule has 0 bridgehead atoms. The first-order chi connectivity index (χ1) is 9.50. The van der Waals surface area contributed by atoms with Crippen molar-refractivity contribution in [1.29, 1.82) is 0 Å². The van der Waals surface area contributed by atoms with E-state index in [-0.39, 0.29) is 12.6 Å². The van der Waals surface area contributed by atoms with Crippen LogP contribution in [-0.2, 0) is 9.53 Å². The Hall–Kier alpha value is -1.34. The summed E-state index contributed by atoms with van der Waals surface area (Å²) < 4.78 is 5.16. The number of ether oxygens (including phenoxy) is 1. The number of nitrogens with zero attached hydrogens (tertiary/aromatic N) is 3. The maximum Gasteiger partial charge on any atom is 0.328 e. The minimum absolute atomic E-state index is 0.0786. The van der Waals surface area contributed by atoms with Gasteiger partial charge in [-0.15, -0.1) is 0 Å². The van der Waals surface area contributed by atoms with Gasteiger partial charge >= 0.3 is 12.0 Å². The maximum atomic E-state index is 12.5. The van der Waals surface area contributed by atoms with E-state index >= 15 is 0 Å². The lowest BCUT2D eigenvalue weighted by Crippen LogP contribution is -2.58. The standard InChI is InChI=1S/C13H23N3O4/c1-14(2)10-3-5-15(6-4-10)13(19)16-7-8-20-9-11(16)12(17)18/h10-11H,3-9H2,1-2H3,(H,17,18). The largest absolute Gasteiger partial charge is 0.480 e. The van der Waals surface area contributed by atoms with Gasteiger partial charge < -0.3 is 24.5 Å². The Kier molecular flexibility index (Phi) is 4.82. The summed E-state index contributed by atoms with van der Waals surface area (Å²) >= 11 is 0. The van der Waals surface area contributed by atoms with E-state index < -0.39 is 12.0 Å². The first-order valence-electron chi connectivity index (χ1n) is 7.03. The van der Waals surface area contributed by atoms with Crippen molar-refractivity contribution in [3.05, 3.63) is 0 Å². The van der Waals surface area contributed by atoms with Gasteiger partial charge in [0.2, 0.25) is 0 Å². The van der Waals surface area contributed by atoms with Crippen LogP contribution >= 0.6 is 0 Å². The van der Waals surface area contributed by atoms with Crippen molar-refractivity contribution in [1.82, 2.24) is 14.7 Å². The second-order valence-corrected chi connectivity index (χ2v) is 5.59. The first kappa shape index (κ1) is 15.1. The van der Waals surface area contributed by atoms with Crippen molar-refractivity contribution in [3.63, 3.8) is 0 Å².